The fourth-order valence-electron chi connectivity index (χ4n) is 1.46. The van der Waals surface area contributed by atoms with Crippen molar-refractivity contribution >= 4 is 17.7 Å². The number of nitrogens with one attached hydrogen (secondary N) is 3. The quantitative estimate of drug-likeness (QED) is 0.475. The van der Waals surface area contributed by atoms with E-state index in [2.05, 4.69) is 20.6 Å². The van der Waals surface area contributed by atoms with Gasteiger partial charge >= 0.3 is 11.7 Å². The number of rotatable bonds is 7. The van der Waals surface area contributed by atoms with Gasteiger partial charge in [0.05, 0.1) is 12.8 Å². The molecule has 0 spiro atoms. The zero-order valence-corrected chi connectivity index (χ0v) is 11.5. The van der Waals surface area contributed by atoms with Crippen molar-refractivity contribution in [2.24, 2.45) is 0 Å². The predicted octanol–water partition coefficient (Wildman–Crippen LogP) is -0.115. The SMILES string of the molecule is CCOC(=O)c1cnc(=O)[nH]c1NCCCNC(C)=O. The van der Waals surface area contributed by atoms with Gasteiger partial charge in [-0.05, 0) is 13.3 Å². The molecule has 1 aromatic rings. The number of esters is 1. The fourth-order valence-corrected chi connectivity index (χ4v) is 1.46. The minimum Gasteiger partial charge on any atom is -0.462 e. The highest BCUT2D eigenvalue weighted by molar-refractivity contribution is 5.94. The zero-order chi connectivity index (χ0) is 15.0. The van der Waals surface area contributed by atoms with Crippen LogP contribution in [0.15, 0.2) is 11.0 Å². The van der Waals surface area contributed by atoms with Crippen molar-refractivity contribution in [1.82, 2.24) is 15.3 Å². The third-order valence-corrected chi connectivity index (χ3v) is 2.34. The summed E-state index contributed by atoms with van der Waals surface area (Å²) in [5.41, 5.74) is -0.381. The third kappa shape index (κ3) is 5.09. The molecule has 0 aliphatic carbocycles. The molecule has 0 unspecified atom stereocenters. The van der Waals surface area contributed by atoms with Crippen molar-refractivity contribution in [1.29, 1.82) is 0 Å². The normalized spacial score (nSPS) is 9.90. The van der Waals surface area contributed by atoms with Crippen LogP contribution in [0.2, 0.25) is 0 Å². The van der Waals surface area contributed by atoms with Gasteiger partial charge in [0.25, 0.3) is 0 Å². The molecule has 0 aliphatic rings. The Morgan fingerprint density at radius 1 is 1.40 bits per heavy atom. The van der Waals surface area contributed by atoms with E-state index in [1.54, 1.807) is 6.92 Å². The molecule has 20 heavy (non-hydrogen) atoms. The Kier molecular flexibility index (Phi) is 6.21. The predicted molar refractivity (Wildman–Crippen MR) is 72.6 cm³/mol. The van der Waals surface area contributed by atoms with Crippen LogP contribution in [0.25, 0.3) is 0 Å². The molecule has 1 rings (SSSR count). The number of aromatic amines is 1. The van der Waals surface area contributed by atoms with E-state index in [9.17, 15) is 14.4 Å². The molecule has 1 aromatic heterocycles. The largest absolute Gasteiger partial charge is 0.462 e. The van der Waals surface area contributed by atoms with Crippen molar-refractivity contribution in [3.63, 3.8) is 0 Å². The molecular formula is C12H18N4O4. The summed E-state index contributed by atoms with van der Waals surface area (Å²) in [4.78, 5) is 39.5. The number of nitrogens with zero attached hydrogens (tertiary/aromatic N) is 1. The van der Waals surface area contributed by atoms with E-state index in [4.69, 9.17) is 4.74 Å². The van der Waals surface area contributed by atoms with Crippen LogP contribution in [-0.4, -0.2) is 41.5 Å². The average molecular weight is 282 g/mol. The maximum atomic E-state index is 11.7. The molecule has 0 aliphatic heterocycles. The summed E-state index contributed by atoms with van der Waals surface area (Å²) >= 11 is 0. The van der Waals surface area contributed by atoms with E-state index in [-0.39, 0.29) is 23.9 Å². The van der Waals surface area contributed by atoms with Crippen molar-refractivity contribution in [3.8, 4) is 0 Å². The van der Waals surface area contributed by atoms with E-state index in [0.29, 0.717) is 19.5 Å². The second kappa shape index (κ2) is 7.93. The van der Waals surface area contributed by atoms with Crippen LogP contribution in [0.5, 0.6) is 0 Å². The number of ether oxygens (including phenoxy) is 1. The minimum absolute atomic E-state index is 0.102. The van der Waals surface area contributed by atoms with Crippen molar-refractivity contribution in [3.05, 3.63) is 22.2 Å². The molecule has 3 N–H and O–H groups in total. The van der Waals surface area contributed by atoms with Gasteiger partial charge in [-0.25, -0.2) is 14.6 Å². The van der Waals surface area contributed by atoms with Crippen molar-refractivity contribution in [2.45, 2.75) is 20.3 Å². The molecule has 0 atom stereocenters. The Labute approximate surface area is 115 Å². The first-order chi connectivity index (χ1) is 9.54. The monoisotopic (exact) mass is 282 g/mol. The molecule has 8 heteroatoms. The number of hydrogen-bond donors (Lipinski definition) is 3. The first-order valence-corrected chi connectivity index (χ1v) is 6.29. The lowest BCUT2D eigenvalue weighted by atomic mass is 10.3. The van der Waals surface area contributed by atoms with E-state index in [0.717, 1.165) is 0 Å². The van der Waals surface area contributed by atoms with E-state index in [1.165, 1.54) is 13.1 Å². The Morgan fingerprint density at radius 2 is 2.15 bits per heavy atom. The van der Waals surface area contributed by atoms with E-state index in [1.807, 2.05) is 0 Å². The average Bonchev–Trinajstić information content (AvgIpc) is 2.38. The number of anilines is 1. The highest BCUT2D eigenvalue weighted by atomic mass is 16.5. The Balaban J connectivity index is 2.63. The first-order valence-electron chi connectivity index (χ1n) is 6.29. The summed E-state index contributed by atoms with van der Waals surface area (Å²) in [6.07, 6.45) is 1.82. The lowest BCUT2D eigenvalue weighted by Gasteiger charge is -2.10. The molecule has 0 saturated heterocycles. The summed E-state index contributed by atoms with van der Waals surface area (Å²) < 4.78 is 4.87. The van der Waals surface area contributed by atoms with Gasteiger partial charge in [-0.3, -0.25) is 9.78 Å². The number of hydrogen-bond acceptors (Lipinski definition) is 6. The second-order valence-electron chi connectivity index (χ2n) is 3.96. The van der Waals surface area contributed by atoms with Gasteiger partial charge in [0, 0.05) is 20.0 Å². The third-order valence-electron chi connectivity index (χ3n) is 2.34. The molecule has 0 bridgehead atoms. The number of carbonyl (C=O) groups is 2. The molecule has 0 radical (unpaired) electrons. The minimum atomic E-state index is -0.555. The molecular weight excluding hydrogens is 264 g/mol. The number of H-pyrrole nitrogens is 1. The van der Waals surface area contributed by atoms with Crippen LogP contribution in [0.4, 0.5) is 5.82 Å². The van der Waals surface area contributed by atoms with Gasteiger partial charge in [-0.2, -0.15) is 0 Å². The van der Waals surface area contributed by atoms with Gasteiger partial charge in [-0.1, -0.05) is 0 Å². The van der Waals surface area contributed by atoms with Crippen LogP contribution >= 0.6 is 0 Å². The maximum absolute atomic E-state index is 11.7. The molecule has 1 amide bonds. The summed E-state index contributed by atoms with van der Waals surface area (Å²) in [6, 6.07) is 0. The summed E-state index contributed by atoms with van der Waals surface area (Å²) in [5.74, 6) is -0.388. The van der Waals surface area contributed by atoms with Gasteiger partial charge in [-0.15, -0.1) is 0 Å². The van der Waals surface area contributed by atoms with Crippen LogP contribution < -0.4 is 16.3 Å². The molecule has 8 nitrogen and oxygen atoms in total. The van der Waals surface area contributed by atoms with Crippen LogP contribution in [0, 0.1) is 0 Å². The number of aromatic nitrogens is 2. The zero-order valence-electron chi connectivity index (χ0n) is 11.5. The standard InChI is InChI=1S/C12H18N4O4/c1-3-20-11(18)9-7-15-12(19)16-10(9)14-6-4-5-13-8(2)17/h7H,3-6H2,1-2H3,(H,13,17)(H2,14,15,16,19). The number of amides is 1. The summed E-state index contributed by atoms with van der Waals surface area (Å²) in [7, 11) is 0. The van der Waals surface area contributed by atoms with Crippen molar-refractivity contribution in [2.75, 3.05) is 25.0 Å². The van der Waals surface area contributed by atoms with Crippen molar-refractivity contribution < 1.29 is 14.3 Å². The van der Waals surface area contributed by atoms with E-state index >= 15 is 0 Å². The second-order valence-corrected chi connectivity index (χ2v) is 3.96. The van der Waals surface area contributed by atoms with Crippen LogP contribution in [0.1, 0.15) is 30.6 Å². The molecule has 1 heterocycles. The smallest absolute Gasteiger partial charge is 0.346 e. The molecule has 0 aromatic carbocycles. The molecule has 0 saturated carbocycles. The van der Waals surface area contributed by atoms with Crippen LogP contribution in [0.3, 0.4) is 0 Å². The molecule has 0 fully saturated rings. The Bertz CT molecular complexity index is 526. The summed E-state index contributed by atoms with van der Waals surface area (Å²) in [5, 5.41) is 5.57. The van der Waals surface area contributed by atoms with Gasteiger partial charge < -0.3 is 15.4 Å². The Hall–Kier alpha value is -2.38. The molecule has 110 valence electrons. The lowest BCUT2D eigenvalue weighted by molar-refractivity contribution is -0.118. The van der Waals surface area contributed by atoms with E-state index < -0.39 is 11.7 Å². The maximum Gasteiger partial charge on any atom is 0.346 e. The first kappa shape index (κ1) is 15.7. The lowest BCUT2D eigenvalue weighted by Crippen LogP contribution is -2.24. The van der Waals surface area contributed by atoms with Crippen LogP contribution in [-0.2, 0) is 9.53 Å². The van der Waals surface area contributed by atoms with Gasteiger partial charge in [0.15, 0.2) is 0 Å². The highest BCUT2D eigenvalue weighted by Gasteiger charge is 2.13. The fraction of sp³-hybridized carbons (Fsp3) is 0.500. The Morgan fingerprint density at radius 3 is 2.80 bits per heavy atom. The summed E-state index contributed by atoms with van der Waals surface area (Å²) in [6.45, 7) is 4.35. The topological polar surface area (TPSA) is 113 Å². The van der Waals surface area contributed by atoms with Gasteiger partial charge in [0.1, 0.15) is 11.4 Å². The number of carbonyl (C=O) groups excluding carboxylic acids is 2. The van der Waals surface area contributed by atoms with Gasteiger partial charge in [0.2, 0.25) is 5.91 Å². The highest BCUT2D eigenvalue weighted by Crippen LogP contribution is 2.10.